The molecule has 1 aromatic rings. The molecule has 0 spiro atoms. The topological polar surface area (TPSA) is 9.23 Å². The summed E-state index contributed by atoms with van der Waals surface area (Å²) in [5.41, 5.74) is 1.08. The van der Waals surface area contributed by atoms with Gasteiger partial charge in [-0.25, -0.2) is 0 Å². The van der Waals surface area contributed by atoms with E-state index in [2.05, 4.69) is 5.80 Å². The van der Waals surface area contributed by atoms with Crippen molar-refractivity contribution >= 4 is 8.19 Å². The Morgan fingerprint density at radius 1 is 1.71 bits per heavy atom. The zero-order valence-corrected chi connectivity index (χ0v) is 5.14. The third-order valence-corrected chi connectivity index (χ3v) is 1.80. The van der Waals surface area contributed by atoms with Gasteiger partial charge in [0.2, 0.25) is 0 Å². The number of hydrogen-bond donors (Lipinski definition) is 0. The Hall–Kier alpha value is -0.420. The molecule has 1 heterocycles. The summed E-state index contributed by atoms with van der Waals surface area (Å²) in [6.45, 7) is 0. The van der Waals surface area contributed by atoms with Gasteiger partial charge < -0.3 is 4.74 Å². The summed E-state index contributed by atoms with van der Waals surface area (Å²) >= 11 is 0. The Morgan fingerprint density at radius 2 is 2.57 bits per heavy atom. The first kappa shape index (κ1) is 4.73. The molecule has 38 valence electrons. The fraction of sp³-hybridized carbons (Fsp3) is 0.200. The number of methoxy groups -OCH3 is 1. The summed E-state index contributed by atoms with van der Waals surface area (Å²) in [7, 11) is 2.46. The number of rotatable bonds is 1. The highest BCUT2D eigenvalue weighted by Crippen LogP contribution is 2.22. The van der Waals surface area contributed by atoms with Crippen LogP contribution in [0.1, 0.15) is 0 Å². The normalized spacial score (nSPS) is 9.86. The SMILES string of the molecule is COc1ccc[pH]1. The molecule has 0 bridgehead atoms. The van der Waals surface area contributed by atoms with E-state index in [-0.39, 0.29) is 0 Å². The number of ether oxygens (including phenoxy) is 1. The number of hydrogen-bond acceptors (Lipinski definition) is 1. The van der Waals surface area contributed by atoms with Gasteiger partial charge in [-0.05, 0) is 11.9 Å². The maximum atomic E-state index is 4.92. The second-order valence-electron chi connectivity index (χ2n) is 1.24. The fourth-order valence-electron chi connectivity index (χ4n) is 0.441. The van der Waals surface area contributed by atoms with Crippen LogP contribution >= 0.6 is 8.19 Å². The van der Waals surface area contributed by atoms with Crippen LogP contribution in [0, 0.1) is 0 Å². The lowest BCUT2D eigenvalue weighted by molar-refractivity contribution is 0.427. The molecular weight excluding hydrogens is 107 g/mol. The van der Waals surface area contributed by atoms with Gasteiger partial charge in [0.15, 0.2) is 0 Å². The first-order valence-electron chi connectivity index (χ1n) is 2.11. The first-order chi connectivity index (χ1) is 3.43. The molecule has 1 aromatic heterocycles. The molecule has 0 radical (unpaired) electrons. The van der Waals surface area contributed by atoms with Gasteiger partial charge in [-0.15, -0.1) is 0 Å². The molecule has 0 amide bonds. The van der Waals surface area contributed by atoms with Crippen molar-refractivity contribution in [2.45, 2.75) is 0 Å². The van der Waals surface area contributed by atoms with E-state index in [4.69, 9.17) is 4.74 Å². The van der Waals surface area contributed by atoms with Crippen molar-refractivity contribution in [1.29, 1.82) is 0 Å². The molecule has 0 aliphatic carbocycles. The zero-order valence-electron chi connectivity index (χ0n) is 4.14. The second-order valence-corrected chi connectivity index (χ2v) is 2.35. The van der Waals surface area contributed by atoms with E-state index in [9.17, 15) is 0 Å². The molecule has 0 aromatic carbocycles. The van der Waals surface area contributed by atoms with E-state index in [1.807, 2.05) is 12.1 Å². The Morgan fingerprint density at radius 3 is 2.86 bits per heavy atom. The van der Waals surface area contributed by atoms with Crippen molar-refractivity contribution in [3.05, 3.63) is 17.9 Å². The lowest BCUT2D eigenvalue weighted by Gasteiger charge is -1.87. The molecule has 0 saturated heterocycles. The van der Waals surface area contributed by atoms with Gasteiger partial charge in [-0.1, -0.05) is 14.3 Å². The van der Waals surface area contributed by atoms with Crippen molar-refractivity contribution < 1.29 is 4.74 Å². The minimum absolute atomic E-state index is 0.758. The predicted molar refractivity (Wildman–Crippen MR) is 32.5 cm³/mol. The van der Waals surface area contributed by atoms with Gasteiger partial charge in [0.05, 0.1) is 7.11 Å². The second kappa shape index (κ2) is 2.04. The molecule has 1 rings (SSSR count). The molecule has 0 N–H and O–H groups in total. The highest BCUT2D eigenvalue weighted by atomic mass is 31.0. The molecular formula is C5H7OP. The maximum Gasteiger partial charge on any atom is 0.133 e. The van der Waals surface area contributed by atoms with Crippen molar-refractivity contribution in [3.63, 3.8) is 0 Å². The molecule has 0 saturated carbocycles. The summed E-state index contributed by atoms with van der Waals surface area (Å²) in [6.07, 6.45) is 0. The standard InChI is InChI=1S/C5H7OP/c1-6-5-3-2-4-7-5/h2-4,7H,1H3. The van der Waals surface area contributed by atoms with Crippen LogP contribution < -0.4 is 4.74 Å². The molecule has 7 heavy (non-hydrogen) atoms. The van der Waals surface area contributed by atoms with E-state index in [0.717, 1.165) is 13.7 Å². The molecule has 2 heteroatoms. The smallest absolute Gasteiger partial charge is 0.133 e. The van der Waals surface area contributed by atoms with E-state index >= 15 is 0 Å². The van der Waals surface area contributed by atoms with E-state index in [1.165, 1.54) is 0 Å². The fourth-order valence-corrected chi connectivity index (χ4v) is 1.11. The zero-order chi connectivity index (χ0) is 5.11. The van der Waals surface area contributed by atoms with E-state index in [0.29, 0.717) is 0 Å². The van der Waals surface area contributed by atoms with Crippen LogP contribution in [0.25, 0.3) is 0 Å². The average Bonchev–Trinajstić information content (AvgIpc) is 2.14. The van der Waals surface area contributed by atoms with Crippen molar-refractivity contribution in [1.82, 2.24) is 0 Å². The Bertz CT molecular complexity index is 123. The lowest BCUT2D eigenvalue weighted by atomic mass is 10.7. The average molecular weight is 114 g/mol. The maximum absolute atomic E-state index is 4.92. The Labute approximate surface area is 44.4 Å². The summed E-state index contributed by atoms with van der Waals surface area (Å²) in [4.78, 5) is 0. The summed E-state index contributed by atoms with van der Waals surface area (Å²) in [6, 6.07) is 4.00. The molecule has 1 atom stereocenters. The van der Waals surface area contributed by atoms with Crippen molar-refractivity contribution in [2.24, 2.45) is 0 Å². The van der Waals surface area contributed by atoms with Crippen LogP contribution in [0.3, 0.4) is 0 Å². The molecule has 0 fully saturated rings. The Kier molecular flexibility index (Phi) is 1.38. The van der Waals surface area contributed by atoms with E-state index in [1.54, 1.807) is 7.11 Å². The van der Waals surface area contributed by atoms with Gasteiger partial charge in [0.1, 0.15) is 5.48 Å². The van der Waals surface area contributed by atoms with Crippen LogP contribution in [0.5, 0.6) is 5.48 Å². The third-order valence-electron chi connectivity index (χ3n) is 0.789. The van der Waals surface area contributed by atoms with Crippen LogP contribution in [0.4, 0.5) is 0 Å². The van der Waals surface area contributed by atoms with Crippen LogP contribution in [0.2, 0.25) is 0 Å². The highest BCUT2D eigenvalue weighted by molar-refractivity contribution is 7.31. The first-order valence-corrected chi connectivity index (χ1v) is 3.18. The predicted octanol–water partition coefficient (Wildman–Crippen LogP) is 1.73. The monoisotopic (exact) mass is 114 g/mol. The van der Waals surface area contributed by atoms with Gasteiger partial charge in [-0.3, -0.25) is 0 Å². The minimum Gasteiger partial charge on any atom is -0.493 e. The highest BCUT2D eigenvalue weighted by Gasteiger charge is 1.81. The van der Waals surface area contributed by atoms with Gasteiger partial charge >= 0.3 is 0 Å². The lowest BCUT2D eigenvalue weighted by Crippen LogP contribution is -1.72. The quantitative estimate of drug-likeness (QED) is 0.540. The summed E-state index contributed by atoms with van der Waals surface area (Å²) in [5.74, 6) is 2.10. The van der Waals surface area contributed by atoms with Crippen molar-refractivity contribution in [3.8, 4) is 5.48 Å². The molecule has 0 aliphatic rings. The van der Waals surface area contributed by atoms with Crippen molar-refractivity contribution in [2.75, 3.05) is 7.11 Å². The molecule has 0 aliphatic heterocycles. The minimum atomic E-state index is 0.758. The largest absolute Gasteiger partial charge is 0.493 e. The van der Waals surface area contributed by atoms with Gasteiger partial charge in [-0.2, -0.15) is 0 Å². The van der Waals surface area contributed by atoms with Crippen LogP contribution in [0.15, 0.2) is 17.9 Å². The molecule has 1 unspecified atom stereocenters. The Balaban J connectivity index is 2.76. The van der Waals surface area contributed by atoms with E-state index < -0.39 is 0 Å². The summed E-state index contributed by atoms with van der Waals surface area (Å²) in [5, 5.41) is 0. The van der Waals surface area contributed by atoms with Crippen LogP contribution in [-0.2, 0) is 0 Å². The molecule has 1 nitrogen and oxygen atoms in total. The van der Waals surface area contributed by atoms with Gasteiger partial charge in [0.25, 0.3) is 0 Å². The summed E-state index contributed by atoms with van der Waals surface area (Å²) < 4.78 is 4.92. The third kappa shape index (κ3) is 0.971. The van der Waals surface area contributed by atoms with Crippen LogP contribution in [-0.4, -0.2) is 7.11 Å². The van der Waals surface area contributed by atoms with Gasteiger partial charge in [0, 0.05) is 0 Å².